The van der Waals surface area contributed by atoms with Gasteiger partial charge in [0.15, 0.2) is 5.58 Å². The number of hydrogen-bond donors (Lipinski definition) is 0. The Labute approximate surface area is 157 Å². The second kappa shape index (κ2) is 5.81. The normalized spacial score (nSPS) is 11.5. The monoisotopic (exact) mass is 354 g/mol. The van der Waals surface area contributed by atoms with Crippen molar-refractivity contribution in [1.29, 1.82) is 0 Å². The molecular weight excluding hydrogens is 334 g/mol. The summed E-state index contributed by atoms with van der Waals surface area (Å²) in [4.78, 5) is 4.59. The van der Waals surface area contributed by atoms with Crippen LogP contribution in [-0.4, -0.2) is 9.55 Å². The number of rotatable bonds is 2. The first-order valence-electron chi connectivity index (χ1n) is 9.06. The zero-order valence-electron chi connectivity index (χ0n) is 15.6. The van der Waals surface area contributed by atoms with Gasteiger partial charge in [0, 0.05) is 16.5 Å². The molecule has 0 saturated heterocycles. The highest BCUT2D eigenvalue weighted by atomic mass is 16.3. The van der Waals surface area contributed by atoms with Gasteiger partial charge in [-0.2, -0.15) is 4.57 Å². The molecular formula is C23H20N3O+. The van der Waals surface area contributed by atoms with Crippen molar-refractivity contribution >= 4 is 22.1 Å². The highest BCUT2D eigenvalue weighted by Crippen LogP contribution is 2.36. The van der Waals surface area contributed by atoms with Gasteiger partial charge in [0.1, 0.15) is 23.6 Å². The van der Waals surface area contributed by atoms with Crippen molar-refractivity contribution in [1.82, 2.24) is 9.55 Å². The molecule has 27 heavy (non-hydrogen) atoms. The van der Waals surface area contributed by atoms with Crippen LogP contribution < -0.4 is 4.57 Å². The lowest BCUT2D eigenvalue weighted by Crippen LogP contribution is -2.29. The summed E-state index contributed by atoms with van der Waals surface area (Å²) in [6, 6.07) is 18.8. The van der Waals surface area contributed by atoms with Crippen LogP contribution in [0.5, 0.6) is 0 Å². The van der Waals surface area contributed by atoms with Gasteiger partial charge in [0.25, 0.3) is 5.82 Å². The maximum absolute atomic E-state index is 6.28. The summed E-state index contributed by atoms with van der Waals surface area (Å²) in [5.74, 6) is 1.08. The molecule has 0 aliphatic carbocycles. The molecule has 5 rings (SSSR count). The lowest BCUT2D eigenvalue weighted by atomic mass is 10.0. The van der Waals surface area contributed by atoms with Gasteiger partial charge >= 0.3 is 0 Å². The van der Waals surface area contributed by atoms with E-state index in [2.05, 4.69) is 82.9 Å². The van der Waals surface area contributed by atoms with Gasteiger partial charge in [-0.1, -0.05) is 30.3 Å². The second-order valence-corrected chi connectivity index (χ2v) is 6.98. The van der Waals surface area contributed by atoms with Crippen LogP contribution in [0.25, 0.3) is 39.1 Å². The lowest BCUT2D eigenvalue weighted by molar-refractivity contribution is -0.659. The van der Waals surface area contributed by atoms with Crippen molar-refractivity contribution in [2.75, 3.05) is 0 Å². The van der Waals surface area contributed by atoms with Crippen LogP contribution in [0.1, 0.15) is 11.3 Å². The summed E-state index contributed by atoms with van der Waals surface area (Å²) in [6.07, 6.45) is 4.17. The van der Waals surface area contributed by atoms with Crippen molar-refractivity contribution < 1.29 is 8.98 Å². The molecule has 0 fully saturated rings. The number of nitrogens with zero attached hydrogens (tertiary/aromatic N) is 3. The lowest BCUT2D eigenvalue weighted by Gasteiger charge is -2.06. The first-order valence-corrected chi connectivity index (χ1v) is 9.06. The van der Waals surface area contributed by atoms with Gasteiger partial charge in [0.05, 0.1) is 7.05 Å². The van der Waals surface area contributed by atoms with Crippen LogP contribution in [0.4, 0.5) is 0 Å². The van der Waals surface area contributed by atoms with Gasteiger partial charge < -0.3 is 4.42 Å². The Morgan fingerprint density at radius 2 is 1.70 bits per heavy atom. The van der Waals surface area contributed by atoms with Gasteiger partial charge in [-0.05, 0) is 43.7 Å². The Morgan fingerprint density at radius 3 is 2.52 bits per heavy atom. The van der Waals surface area contributed by atoms with Crippen LogP contribution in [0.3, 0.4) is 0 Å². The van der Waals surface area contributed by atoms with E-state index in [4.69, 9.17) is 4.42 Å². The molecule has 0 amide bonds. The van der Waals surface area contributed by atoms with E-state index in [1.165, 1.54) is 5.56 Å². The first kappa shape index (κ1) is 15.8. The molecule has 0 saturated carbocycles. The van der Waals surface area contributed by atoms with Crippen molar-refractivity contribution in [2.24, 2.45) is 7.05 Å². The Kier molecular flexibility index (Phi) is 3.41. The summed E-state index contributed by atoms with van der Waals surface area (Å²) >= 11 is 0. The van der Waals surface area contributed by atoms with Gasteiger partial charge in [0.2, 0.25) is 5.71 Å². The zero-order valence-corrected chi connectivity index (χ0v) is 15.6. The average Bonchev–Trinajstić information content (AvgIpc) is 3.22. The minimum absolute atomic E-state index is 0.692. The second-order valence-electron chi connectivity index (χ2n) is 6.98. The number of furan rings is 1. The van der Waals surface area contributed by atoms with Gasteiger partial charge in [-0.15, -0.1) is 0 Å². The minimum Gasteiger partial charge on any atom is -0.437 e. The number of benzene rings is 2. The molecule has 5 aromatic rings. The van der Waals surface area contributed by atoms with E-state index in [9.17, 15) is 0 Å². The minimum atomic E-state index is 0.692. The average molecular weight is 354 g/mol. The number of aromatic nitrogens is 3. The summed E-state index contributed by atoms with van der Waals surface area (Å²) < 4.78 is 10.6. The Hall–Kier alpha value is -3.40. The van der Waals surface area contributed by atoms with E-state index in [0.717, 1.165) is 39.1 Å². The largest absolute Gasteiger partial charge is 0.437 e. The van der Waals surface area contributed by atoms with Crippen LogP contribution >= 0.6 is 0 Å². The van der Waals surface area contributed by atoms with Crippen LogP contribution in [-0.2, 0) is 7.05 Å². The van der Waals surface area contributed by atoms with Crippen LogP contribution in [0.15, 0.2) is 71.4 Å². The van der Waals surface area contributed by atoms with Crippen LogP contribution in [0.2, 0.25) is 0 Å². The third-order valence-corrected chi connectivity index (χ3v) is 5.11. The van der Waals surface area contributed by atoms with Crippen LogP contribution in [0, 0.1) is 13.8 Å². The molecule has 132 valence electrons. The fourth-order valence-corrected chi connectivity index (χ4v) is 3.76. The van der Waals surface area contributed by atoms with Crippen molar-refractivity contribution in [3.8, 4) is 17.1 Å². The smallest absolute Gasteiger partial charge is 0.297 e. The Balaban J connectivity index is 1.88. The van der Waals surface area contributed by atoms with Gasteiger partial charge in [-0.3, -0.25) is 0 Å². The summed E-state index contributed by atoms with van der Waals surface area (Å²) in [7, 11) is 2.07. The molecule has 0 atom stereocenters. The number of hydrogen-bond acceptors (Lipinski definition) is 2. The van der Waals surface area contributed by atoms with E-state index in [0.29, 0.717) is 5.71 Å². The molecule has 0 aliphatic heterocycles. The molecule has 0 bridgehead atoms. The molecule has 3 heterocycles. The fraction of sp³-hybridized carbons (Fsp3) is 0.130. The molecule has 4 nitrogen and oxygen atoms in total. The van der Waals surface area contributed by atoms with Crippen molar-refractivity contribution in [3.05, 3.63) is 78.2 Å². The summed E-state index contributed by atoms with van der Waals surface area (Å²) in [5.41, 5.74) is 5.92. The highest BCUT2D eigenvalue weighted by Gasteiger charge is 2.26. The maximum Gasteiger partial charge on any atom is 0.297 e. The van der Waals surface area contributed by atoms with E-state index in [1.54, 1.807) is 0 Å². The van der Waals surface area contributed by atoms with Crippen molar-refractivity contribution in [3.63, 3.8) is 0 Å². The Morgan fingerprint density at radius 1 is 0.926 bits per heavy atom. The number of imidazole rings is 1. The molecule has 0 N–H and O–H groups in total. The molecule has 0 unspecified atom stereocenters. The van der Waals surface area contributed by atoms with E-state index < -0.39 is 0 Å². The molecule has 2 aromatic carbocycles. The molecule has 3 aromatic heterocycles. The highest BCUT2D eigenvalue weighted by molar-refractivity contribution is 6.08. The van der Waals surface area contributed by atoms with Gasteiger partial charge in [-0.25, -0.2) is 9.55 Å². The number of pyridine rings is 1. The zero-order chi connectivity index (χ0) is 18.5. The summed E-state index contributed by atoms with van der Waals surface area (Å²) in [6.45, 7) is 4.11. The maximum atomic E-state index is 6.28. The first-order chi connectivity index (χ1) is 13.1. The standard InChI is InChI=1S/C23H20N3O/c1-15-9-11-18-19-12-10-16(2)24-22(19)27-21(18)20(15)23-25(3)13-14-26(23)17-7-5-4-6-8-17/h4-14H,1-3H3/q+1. The molecule has 0 aliphatic rings. The number of fused-ring (bicyclic) bond motifs is 3. The van der Waals surface area contributed by atoms with E-state index in [1.807, 2.05) is 19.1 Å². The predicted molar refractivity (Wildman–Crippen MR) is 107 cm³/mol. The molecule has 0 radical (unpaired) electrons. The summed E-state index contributed by atoms with van der Waals surface area (Å²) in [5, 5.41) is 2.15. The number of aryl methyl sites for hydroxylation is 3. The SMILES string of the molecule is Cc1ccc2c(n1)oc1c(-c3n(-c4ccccc4)cc[n+]3C)c(C)ccc12. The predicted octanol–water partition coefficient (Wildman–Crippen LogP) is 4.88. The quantitative estimate of drug-likeness (QED) is 0.424. The fourth-order valence-electron chi connectivity index (χ4n) is 3.76. The van der Waals surface area contributed by atoms with E-state index in [-0.39, 0.29) is 0 Å². The van der Waals surface area contributed by atoms with E-state index >= 15 is 0 Å². The van der Waals surface area contributed by atoms with Crippen molar-refractivity contribution in [2.45, 2.75) is 13.8 Å². The molecule has 4 heteroatoms. The third kappa shape index (κ3) is 2.37. The Bertz CT molecular complexity index is 1300. The third-order valence-electron chi connectivity index (χ3n) is 5.11. The number of para-hydroxylation sites is 1. The molecule has 0 spiro atoms. The topological polar surface area (TPSA) is 34.8 Å².